The summed E-state index contributed by atoms with van der Waals surface area (Å²) in [6.07, 6.45) is 0.331. The lowest BCUT2D eigenvalue weighted by atomic mass is 10.1. The topological polar surface area (TPSA) is 38.8 Å². The summed E-state index contributed by atoms with van der Waals surface area (Å²) in [6.45, 7) is 9.83. The quantitative estimate of drug-likeness (QED) is 0.622. The zero-order valence-corrected chi connectivity index (χ0v) is 18.4. The Kier molecular flexibility index (Phi) is 6.24. The first-order valence-corrected chi connectivity index (χ1v) is 10.5. The third kappa shape index (κ3) is 5.73. The van der Waals surface area contributed by atoms with Gasteiger partial charge in [-0.05, 0) is 83.0 Å². The van der Waals surface area contributed by atoms with Crippen LogP contribution in [0, 0.1) is 5.82 Å². The van der Waals surface area contributed by atoms with E-state index in [9.17, 15) is 9.18 Å². The Morgan fingerprint density at radius 3 is 2.24 bits per heavy atom. The van der Waals surface area contributed by atoms with E-state index >= 15 is 0 Å². The first-order chi connectivity index (χ1) is 13.5. The number of hydrogen-bond donors (Lipinski definition) is 0. The molecule has 0 bridgehead atoms. The van der Waals surface area contributed by atoms with E-state index in [2.05, 4.69) is 12.1 Å². The summed E-state index contributed by atoms with van der Waals surface area (Å²) in [5, 5.41) is 0. The summed E-state index contributed by atoms with van der Waals surface area (Å²) in [5.74, 6) is -0.235. The zero-order chi connectivity index (χ0) is 21.2. The largest absolute Gasteiger partial charge is 0.444 e. The number of halogens is 1. The van der Waals surface area contributed by atoms with Crippen molar-refractivity contribution in [3.8, 4) is 0 Å². The molecule has 29 heavy (non-hydrogen) atoms. The first kappa shape index (κ1) is 21.7. The summed E-state index contributed by atoms with van der Waals surface area (Å²) in [6, 6.07) is 14.6. The molecule has 0 aromatic heterocycles. The lowest BCUT2D eigenvalue weighted by Crippen LogP contribution is -2.50. The van der Waals surface area contributed by atoms with E-state index in [0.29, 0.717) is 13.0 Å². The second kappa shape index (κ2) is 8.36. The lowest BCUT2D eigenvalue weighted by Gasteiger charge is -2.35. The molecular formula is C23H28FNO3S. The van der Waals surface area contributed by atoms with Crippen LogP contribution >= 0.6 is 11.8 Å². The highest BCUT2D eigenvalue weighted by Gasteiger charge is 2.45. The van der Waals surface area contributed by atoms with Gasteiger partial charge in [0.1, 0.15) is 17.1 Å². The molecule has 156 valence electrons. The molecule has 2 aromatic carbocycles. The molecule has 0 saturated carbocycles. The molecule has 2 aromatic rings. The minimum Gasteiger partial charge on any atom is -0.444 e. The Labute approximate surface area is 176 Å². The Bertz CT molecular complexity index is 844. The van der Waals surface area contributed by atoms with Crippen LogP contribution in [0.5, 0.6) is 0 Å². The van der Waals surface area contributed by atoms with Gasteiger partial charge in [0.15, 0.2) is 0 Å². The number of carbonyl (C=O) groups excluding carboxylic acids is 1. The van der Waals surface area contributed by atoms with Gasteiger partial charge in [-0.15, -0.1) is 0 Å². The molecule has 1 saturated heterocycles. The first-order valence-electron chi connectivity index (χ1n) is 9.72. The van der Waals surface area contributed by atoms with Crippen molar-refractivity contribution in [2.45, 2.75) is 68.2 Å². The second-order valence-corrected chi connectivity index (χ2v) is 9.81. The lowest BCUT2D eigenvalue weighted by molar-refractivity contribution is -0.0624. The average Bonchev–Trinajstić information content (AvgIpc) is 2.91. The Balaban J connectivity index is 1.68. The van der Waals surface area contributed by atoms with Gasteiger partial charge in [-0.1, -0.05) is 23.9 Å². The fourth-order valence-electron chi connectivity index (χ4n) is 3.32. The van der Waals surface area contributed by atoms with Crippen molar-refractivity contribution in [3.63, 3.8) is 0 Å². The predicted molar refractivity (Wildman–Crippen MR) is 113 cm³/mol. The molecule has 6 heteroatoms. The van der Waals surface area contributed by atoms with Crippen LogP contribution in [0.15, 0.2) is 58.3 Å². The van der Waals surface area contributed by atoms with Crippen LogP contribution in [0.4, 0.5) is 9.18 Å². The van der Waals surface area contributed by atoms with Crippen molar-refractivity contribution in [2.75, 3.05) is 6.61 Å². The molecule has 3 rings (SSSR count). The molecule has 1 aliphatic heterocycles. The van der Waals surface area contributed by atoms with Crippen molar-refractivity contribution in [3.05, 3.63) is 59.9 Å². The maximum Gasteiger partial charge on any atom is 0.412 e. The fraction of sp³-hybridized carbons (Fsp3) is 0.435. The van der Waals surface area contributed by atoms with Crippen molar-refractivity contribution >= 4 is 17.9 Å². The number of ether oxygens (including phenoxy) is 2. The summed E-state index contributed by atoms with van der Waals surface area (Å²) in [7, 11) is 0. The Morgan fingerprint density at radius 1 is 1.14 bits per heavy atom. The van der Waals surface area contributed by atoms with Crippen LogP contribution in [0.25, 0.3) is 0 Å². The van der Waals surface area contributed by atoms with Gasteiger partial charge in [0.2, 0.25) is 0 Å². The third-order valence-electron chi connectivity index (χ3n) is 4.61. The predicted octanol–water partition coefficient (Wildman–Crippen LogP) is 5.89. The van der Waals surface area contributed by atoms with E-state index in [-0.39, 0.29) is 18.0 Å². The van der Waals surface area contributed by atoms with Crippen LogP contribution < -0.4 is 0 Å². The standard InChI is InChI=1S/C23H28FNO3S/c1-22(2,3)28-21(26)25-18(15-27-23(25,4)5)14-16-6-10-19(11-7-16)29-20-12-8-17(24)9-13-20/h6-13,18H,14-15H2,1-5H3. The summed E-state index contributed by atoms with van der Waals surface area (Å²) >= 11 is 1.58. The van der Waals surface area contributed by atoms with Crippen molar-refractivity contribution in [1.82, 2.24) is 4.90 Å². The van der Waals surface area contributed by atoms with E-state index in [1.165, 1.54) is 12.1 Å². The van der Waals surface area contributed by atoms with Gasteiger partial charge in [-0.25, -0.2) is 9.18 Å². The Morgan fingerprint density at radius 2 is 1.69 bits per heavy atom. The van der Waals surface area contributed by atoms with Gasteiger partial charge in [0.25, 0.3) is 0 Å². The number of nitrogens with zero attached hydrogens (tertiary/aromatic N) is 1. The minimum absolute atomic E-state index is 0.0875. The monoisotopic (exact) mass is 417 g/mol. The van der Waals surface area contributed by atoms with Gasteiger partial charge >= 0.3 is 6.09 Å². The van der Waals surface area contributed by atoms with Crippen LogP contribution in [-0.4, -0.2) is 35.0 Å². The van der Waals surface area contributed by atoms with E-state index in [4.69, 9.17) is 9.47 Å². The molecule has 4 nitrogen and oxygen atoms in total. The Hall–Kier alpha value is -2.05. The van der Waals surface area contributed by atoms with Gasteiger partial charge in [0.05, 0.1) is 12.6 Å². The molecule has 0 spiro atoms. The molecule has 0 N–H and O–H groups in total. The maximum absolute atomic E-state index is 13.0. The normalized spacial score (nSPS) is 18.7. The average molecular weight is 418 g/mol. The van der Waals surface area contributed by atoms with Crippen molar-refractivity contribution < 1.29 is 18.7 Å². The molecule has 1 atom stereocenters. The minimum atomic E-state index is -0.703. The molecule has 1 aliphatic rings. The van der Waals surface area contributed by atoms with Gasteiger partial charge in [-0.3, -0.25) is 4.90 Å². The zero-order valence-electron chi connectivity index (χ0n) is 17.6. The molecular weight excluding hydrogens is 389 g/mol. The van der Waals surface area contributed by atoms with Crippen LogP contribution in [0.1, 0.15) is 40.2 Å². The van der Waals surface area contributed by atoms with E-state index < -0.39 is 11.3 Å². The van der Waals surface area contributed by atoms with Crippen LogP contribution in [0.3, 0.4) is 0 Å². The highest BCUT2D eigenvalue weighted by molar-refractivity contribution is 7.99. The van der Waals surface area contributed by atoms with Gasteiger partial charge in [-0.2, -0.15) is 0 Å². The molecule has 0 radical (unpaired) electrons. The van der Waals surface area contributed by atoms with Crippen molar-refractivity contribution in [1.29, 1.82) is 0 Å². The summed E-state index contributed by atoms with van der Waals surface area (Å²) in [5.41, 5.74) is -0.140. The summed E-state index contributed by atoms with van der Waals surface area (Å²) < 4.78 is 24.5. The maximum atomic E-state index is 13.0. The molecule has 1 heterocycles. The van der Waals surface area contributed by atoms with Gasteiger partial charge < -0.3 is 9.47 Å². The molecule has 0 aliphatic carbocycles. The molecule has 1 fully saturated rings. The SMILES string of the molecule is CC(C)(C)OC(=O)N1C(Cc2ccc(Sc3ccc(F)cc3)cc2)COC1(C)C. The number of hydrogen-bond acceptors (Lipinski definition) is 4. The number of carbonyl (C=O) groups is 1. The fourth-order valence-corrected chi connectivity index (χ4v) is 4.13. The van der Waals surface area contributed by atoms with Crippen LogP contribution in [0.2, 0.25) is 0 Å². The number of rotatable bonds is 4. The summed E-state index contributed by atoms with van der Waals surface area (Å²) in [4.78, 5) is 16.5. The smallest absolute Gasteiger partial charge is 0.412 e. The number of benzene rings is 2. The van der Waals surface area contributed by atoms with E-state index in [1.54, 1.807) is 28.8 Å². The molecule has 1 unspecified atom stereocenters. The van der Waals surface area contributed by atoms with Crippen LogP contribution in [-0.2, 0) is 15.9 Å². The van der Waals surface area contributed by atoms with Crippen molar-refractivity contribution in [2.24, 2.45) is 0 Å². The van der Waals surface area contributed by atoms with Gasteiger partial charge in [0, 0.05) is 9.79 Å². The molecule has 1 amide bonds. The van der Waals surface area contributed by atoms with E-state index in [1.807, 2.05) is 46.8 Å². The highest BCUT2D eigenvalue weighted by Crippen LogP contribution is 2.32. The number of amides is 1. The second-order valence-electron chi connectivity index (χ2n) is 8.67. The highest BCUT2D eigenvalue weighted by atomic mass is 32.2. The third-order valence-corrected chi connectivity index (χ3v) is 5.62. The van der Waals surface area contributed by atoms with E-state index in [0.717, 1.165) is 15.4 Å².